The van der Waals surface area contributed by atoms with Crippen LogP contribution in [-0.2, 0) is 10.3 Å². The average Bonchev–Trinajstić information content (AvgIpc) is 2.78. The molecule has 0 amide bonds. The van der Waals surface area contributed by atoms with Crippen molar-refractivity contribution in [1.82, 2.24) is 9.78 Å². The van der Waals surface area contributed by atoms with Crippen LogP contribution in [0.15, 0.2) is 40.3 Å². The molecule has 2 aromatic rings. The zero-order valence-electron chi connectivity index (χ0n) is 13.1. The topological polar surface area (TPSA) is 59.4 Å². The van der Waals surface area contributed by atoms with E-state index in [9.17, 15) is 4.79 Å². The van der Waals surface area contributed by atoms with Crippen molar-refractivity contribution < 1.29 is 4.84 Å². The molecule has 0 radical (unpaired) electrons. The molecule has 2 rings (SSSR count). The van der Waals surface area contributed by atoms with E-state index in [1.165, 1.54) is 7.11 Å². The lowest BCUT2D eigenvalue weighted by Crippen LogP contribution is -2.21. The van der Waals surface area contributed by atoms with E-state index in [2.05, 4.69) is 31.0 Å². The maximum atomic E-state index is 12.7. The molecule has 0 atom stereocenters. The predicted octanol–water partition coefficient (Wildman–Crippen LogP) is 2.83. The third-order valence-corrected chi connectivity index (χ3v) is 3.24. The summed E-state index contributed by atoms with van der Waals surface area (Å²) in [5.41, 5.74) is 2.44. The van der Waals surface area contributed by atoms with Crippen molar-refractivity contribution in [2.24, 2.45) is 5.16 Å². The van der Waals surface area contributed by atoms with Crippen LogP contribution in [0.1, 0.15) is 39.0 Å². The van der Waals surface area contributed by atoms with Gasteiger partial charge in [0.15, 0.2) is 0 Å². The lowest BCUT2D eigenvalue weighted by Gasteiger charge is -2.18. The van der Waals surface area contributed by atoms with E-state index in [-0.39, 0.29) is 11.0 Å². The Kier molecular flexibility index (Phi) is 4.02. The summed E-state index contributed by atoms with van der Waals surface area (Å²) in [6.07, 6.45) is 0. The fourth-order valence-electron chi connectivity index (χ4n) is 2.26. The molecule has 0 saturated carbocycles. The second kappa shape index (κ2) is 5.60. The molecule has 0 unspecified atom stereocenters. The standard InChI is InChI=1S/C16H21N3O2/c1-11(18-21-5)13-14(16(2,3)4)17-19(15(13)20)12-9-7-6-8-10-12/h6-10,17H,1-5H3. The Hall–Kier alpha value is -2.30. The number of nitrogens with one attached hydrogen (secondary N) is 1. The van der Waals surface area contributed by atoms with Crippen LogP contribution in [0, 0.1) is 0 Å². The van der Waals surface area contributed by atoms with Crippen LogP contribution < -0.4 is 5.56 Å². The highest BCUT2D eigenvalue weighted by Gasteiger charge is 2.26. The molecule has 0 saturated heterocycles. The largest absolute Gasteiger partial charge is 0.399 e. The van der Waals surface area contributed by atoms with Crippen molar-refractivity contribution in [2.45, 2.75) is 33.1 Å². The first-order valence-electron chi connectivity index (χ1n) is 6.85. The normalized spacial score (nSPS) is 12.5. The van der Waals surface area contributed by atoms with Gasteiger partial charge in [-0.3, -0.25) is 9.89 Å². The van der Waals surface area contributed by atoms with Gasteiger partial charge in [-0.25, -0.2) is 4.68 Å². The van der Waals surface area contributed by atoms with Crippen LogP contribution in [0.25, 0.3) is 5.69 Å². The second-order valence-corrected chi connectivity index (χ2v) is 5.95. The molecule has 1 aromatic heterocycles. The number of hydrogen-bond acceptors (Lipinski definition) is 3. The highest BCUT2D eigenvalue weighted by Crippen LogP contribution is 2.23. The molecule has 5 nitrogen and oxygen atoms in total. The van der Waals surface area contributed by atoms with E-state index in [4.69, 9.17) is 4.84 Å². The number of aromatic amines is 1. The van der Waals surface area contributed by atoms with Gasteiger partial charge in [-0.2, -0.15) is 0 Å². The van der Waals surface area contributed by atoms with E-state index in [1.807, 2.05) is 30.3 Å². The van der Waals surface area contributed by atoms with Gasteiger partial charge >= 0.3 is 0 Å². The maximum absolute atomic E-state index is 12.7. The molecule has 0 spiro atoms. The number of rotatable bonds is 3. The molecule has 1 aromatic carbocycles. The fourth-order valence-corrected chi connectivity index (χ4v) is 2.26. The molecule has 5 heteroatoms. The highest BCUT2D eigenvalue weighted by molar-refractivity contribution is 5.99. The van der Waals surface area contributed by atoms with Gasteiger partial charge in [0.1, 0.15) is 7.11 Å². The van der Waals surface area contributed by atoms with Crippen LogP contribution >= 0.6 is 0 Å². The zero-order valence-corrected chi connectivity index (χ0v) is 13.1. The quantitative estimate of drug-likeness (QED) is 0.697. The molecule has 1 heterocycles. The zero-order chi connectivity index (χ0) is 15.6. The summed E-state index contributed by atoms with van der Waals surface area (Å²) in [5, 5.41) is 7.13. The third kappa shape index (κ3) is 2.91. The molecular weight excluding hydrogens is 266 g/mol. The average molecular weight is 287 g/mol. The van der Waals surface area contributed by atoms with Crippen LogP contribution in [0.3, 0.4) is 0 Å². The van der Waals surface area contributed by atoms with Crippen molar-refractivity contribution in [3.63, 3.8) is 0 Å². The molecule has 0 aliphatic carbocycles. The number of H-pyrrole nitrogens is 1. The summed E-state index contributed by atoms with van der Waals surface area (Å²) in [5.74, 6) is 0. The summed E-state index contributed by atoms with van der Waals surface area (Å²) in [6, 6.07) is 9.48. The first-order chi connectivity index (χ1) is 9.86. The number of oxime groups is 1. The predicted molar refractivity (Wildman–Crippen MR) is 84.3 cm³/mol. The van der Waals surface area contributed by atoms with E-state index >= 15 is 0 Å². The Morgan fingerprint density at radius 2 is 1.86 bits per heavy atom. The van der Waals surface area contributed by atoms with Crippen molar-refractivity contribution in [3.8, 4) is 5.69 Å². The SMILES string of the molecule is CON=C(C)c1c(C(C)(C)C)[nH]n(-c2ccccc2)c1=O. The smallest absolute Gasteiger partial charge is 0.280 e. The van der Waals surface area contributed by atoms with Gasteiger partial charge in [-0.1, -0.05) is 44.1 Å². The summed E-state index contributed by atoms with van der Waals surface area (Å²) in [7, 11) is 1.47. The Labute approximate surface area is 124 Å². The molecule has 21 heavy (non-hydrogen) atoms. The number of aromatic nitrogens is 2. The Bertz CT molecular complexity index is 703. The van der Waals surface area contributed by atoms with Crippen LogP contribution in [0.4, 0.5) is 0 Å². The minimum atomic E-state index is -0.209. The lowest BCUT2D eigenvalue weighted by molar-refractivity contribution is 0.213. The molecule has 0 bridgehead atoms. The van der Waals surface area contributed by atoms with Crippen LogP contribution in [0.2, 0.25) is 0 Å². The van der Waals surface area contributed by atoms with Crippen molar-refractivity contribution >= 4 is 5.71 Å². The fraction of sp³-hybridized carbons (Fsp3) is 0.375. The highest BCUT2D eigenvalue weighted by atomic mass is 16.6. The summed E-state index contributed by atoms with van der Waals surface area (Å²) < 4.78 is 1.55. The van der Waals surface area contributed by atoms with Gasteiger partial charge < -0.3 is 4.84 Å². The molecule has 112 valence electrons. The number of benzene rings is 1. The number of para-hydroxylation sites is 1. The monoisotopic (exact) mass is 287 g/mol. The first kappa shape index (κ1) is 15.1. The molecule has 0 aliphatic rings. The van der Waals surface area contributed by atoms with E-state index in [1.54, 1.807) is 11.6 Å². The first-order valence-corrected chi connectivity index (χ1v) is 6.85. The maximum Gasteiger partial charge on any atom is 0.280 e. The third-order valence-electron chi connectivity index (χ3n) is 3.24. The minimum absolute atomic E-state index is 0.121. The van der Waals surface area contributed by atoms with Gasteiger partial charge in [0.05, 0.1) is 22.7 Å². The van der Waals surface area contributed by atoms with E-state index in [0.717, 1.165) is 11.4 Å². The molecular formula is C16H21N3O2. The Morgan fingerprint density at radius 1 is 1.24 bits per heavy atom. The van der Waals surface area contributed by atoms with Gasteiger partial charge in [0, 0.05) is 5.41 Å². The van der Waals surface area contributed by atoms with Crippen LogP contribution in [-0.4, -0.2) is 22.6 Å². The Balaban J connectivity index is 2.73. The van der Waals surface area contributed by atoms with Crippen molar-refractivity contribution in [2.75, 3.05) is 7.11 Å². The second-order valence-electron chi connectivity index (χ2n) is 5.95. The van der Waals surface area contributed by atoms with Gasteiger partial charge in [-0.15, -0.1) is 0 Å². The molecule has 0 fully saturated rings. The van der Waals surface area contributed by atoms with E-state index < -0.39 is 0 Å². The van der Waals surface area contributed by atoms with Gasteiger partial charge in [0.2, 0.25) is 0 Å². The lowest BCUT2D eigenvalue weighted by atomic mass is 9.88. The van der Waals surface area contributed by atoms with E-state index in [0.29, 0.717) is 11.3 Å². The number of hydrogen-bond donors (Lipinski definition) is 1. The summed E-state index contributed by atoms with van der Waals surface area (Å²) in [6.45, 7) is 7.93. The molecule has 0 aliphatic heterocycles. The minimum Gasteiger partial charge on any atom is -0.399 e. The van der Waals surface area contributed by atoms with Gasteiger partial charge in [0.25, 0.3) is 5.56 Å². The Morgan fingerprint density at radius 3 is 2.38 bits per heavy atom. The number of nitrogens with zero attached hydrogens (tertiary/aromatic N) is 2. The van der Waals surface area contributed by atoms with Crippen LogP contribution in [0.5, 0.6) is 0 Å². The molecule has 1 N–H and O–H groups in total. The van der Waals surface area contributed by atoms with Crippen molar-refractivity contribution in [1.29, 1.82) is 0 Å². The summed E-state index contributed by atoms with van der Waals surface area (Å²) >= 11 is 0. The van der Waals surface area contributed by atoms with Gasteiger partial charge in [-0.05, 0) is 19.1 Å². The summed E-state index contributed by atoms with van der Waals surface area (Å²) in [4.78, 5) is 17.6. The van der Waals surface area contributed by atoms with Crippen molar-refractivity contribution in [3.05, 3.63) is 51.9 Å².